The van der Waals surface area contributed by atoms with Crippen molar-refractivity contribution >= 4 is 20.2 Å². The molecule has 1 saturated carbocycles. The molecule has 2 unspecified atom stereocenters. The Kier molecular flexibility index (Phi) is 6.38. The van der Waals surface area contributed by atoms with E-state index < -0.39 is 43.8 Å². The van der Waals surface area contributed by atoms with Crippen molar-refractivity contribution in [1.29, 1.82) is 0 Å². The van der Waals surface area contributed by atoms with Crippen LogP contribution in [0.2, 0.25) is 0 Å². The molecular formula is C15H21O7S2. The zero-order valence-corrected chi connectivity index (χ0v) is 14.7. The van der Waals surface area contributed by atoms with Gasteiger partial charge in [-0.2, -0.15) is 16.8 Å². The molecule has 0 amide bonds. The van der Waals surface area contributed by atoms with Gasteiger partial charge in [0.05, 0.1) is 24.2 Å². The van der Waals surface area contributed by atoms with E-state index in [0.29, 0.717) is 25.2 Å². The van der Waals surface area contributed by atoms with Crippen LogP contribution in [-0.4, -0.2) is 43.6 Å². The average molecular weight is 377 g/mol. The van der Waals surface area contributed by atoms with E-state index in [1.54, 1.807) is 0 Å². The monoisotopic (exact) mass is 377 g/mol. The molecule has 9 heteroatoms. The van der Waals surface area contributed by atoms with Gasteiger partial charge in [-0.1, -0.05) is 36.8 Å². The maximum Gasteiger partial charge on any atom is 0.265 e. The van der Waals surface area contributed by atoms with Crippen molar-refractivity contribution in [2.24, 2.45) is 5.92 Å². The van der Waals surface area contributed by atoms with Crippen molar-refractivity contribution < 1.29 is 30.7 Å². The molecular weight excluding hydrogens is 356 g/mol. The molecule has 0 saturated heterocycles. The quantitative estimate of drug-likeness (QED) is 0.695. The van der Waals surface area contributed by atoms with Gasteiger partial charge in [-0.15, -0.1) is 0 Å². The van der Waals surface area contributed by atoms with Gasteiger partial charge in [0.1, 0.15) is 0 Å². The lowest BCUT2D eigenvalue weighted by atomic mass is 9.79. The second kappa shape index (κ2) is 7.92. The minimum Gasteiger partial charge on any atom is -0.373 e. The average Bonchev–Trinajstić information content (AvgIpc) is 2.46. The number of rotatable bonds is 7. The van der Waals surface area contributed by atoms with E-state index in [4.69, 9.17) is 9.29 Å². The first-order valence-electron chi connectivity index (χ1n) is 7.54. The molecule has 2 N–H and O–H groups in total. The van der Waals surface area contributed by atoms with Gasteiger partial charge in [-0.3, -0.25) is 9.11 Å². The standard InChI is InChI=1S/C15H21O7S2/c16-23(17,18)10-13-7-4-8-15(14(13)11-24(19,20)21)22-9-12-5-2-1-3-6-12/h1-3,5-6,14-15H,4,7-11H2,(H,16,17,18)(H,19,20,21). The maximum absolute atomic E-state index is 11.3. The zero-order chi connectivity index (χ0) is 17.8. The third-order valence-electron chi connectivity index (χ3n) is 4.02. The number of ether oxygens (including phenoxy) is 1. The van der Waals surface area contributed by atoms with Crippen LogP contribution in [0.15, 0.2) is 30.3 Å². The van der Waals surface area contributed by atoms with Crippen LogP contribution in [0, 0.1) is 11.8 Å². The highest BCUT2D eigenvalue weighted by Gasteiger charge is 2.39. The molecule has 24 heavy (non-hydrogen) atoms. The lowest BCUT2D eigenvalue weighted by Gasteiger charge is -2.36. The van der Waals surface area contributed by atoms with E-state index in [1.165, 1.54) is 0 Å². The first-order valence-corrected chi connectivity index (χ1v) is 10.8. The minimum absolute atomic E-state index is 0.257. The van der Waals surface area contributed by atoms with Crippen LogP contribution >= 0.6 is 0 Å². The molecule has 0 spiro atoms. The van der Waals surface area contributed by atoms with Crippen molar-refractivity contribution in [2.45, 2.75) is 32.0 Å². The van der Waals surface area contributed by atoms with Gasteiger partial charge in [-0.25, -0.2) is 0 Å². The fourth-order valence-corrected chi connectivity index (χ4v) is 4.75. The van der Waals surface area contributed by atoms with E-state index in [0.717, 1.165) is 5.56 Å². The predicted molar refractivity (Wildman–Crippen MR) is 88.4 cm³/mol. The molecule has 0 bridgehead atoms. The van der Waals surface area contributed by atoms with Crippen LogP contribution in [0.5, 0.6) is 0 Å². The summed E-state index contributed by atoms with van der Waals surface area (Å²) in [5, 5.41) is 0. The number of hydrogen-bond donors (Lipinski definition) is 2. The van der Waals surface area contributed by atoms with E-state index in [-0.39, 0.29) is 6.61 Å². The molecule has 1 aromatic carbocycles. The summed E-state index contributed by atoms with van der Waals surface area (Å²) >= 11 is 0. The molecule has 1 aliphatic rings. The fourth-order valence-electron chi connectivity index (χ4n) is 3.02. The molecule has 135 valence electrons. The number of hydrogen-bond acceptors (Lipinski definition) is 5. The summed E-state index contributed by atoms with van der Waals surface area (Å²) in [5.74, 6) is -1.62. The summed E-state index contributed by atoms with van der Waals surface area (Å²) in [6.45, 7) is 0.257. The van der Waals surface area contributed by atoms with Crippen LogP contribution < -0.4 is 0 Å². The zero-order valence-electron chi connectivity index (χ0n) is 13.0. The number of benzene rings is 1. The SMILES string of the molecule is O=S(=O)(O)C[C]1CCCC(OCc2ccccc2)C1CS(=O)(=O)O. The predicted octanol–water partition coefficient (Wildman–Crippen LogP) is 1.72. The normalized spacial score (nSPS) is 23.2. The summed E-state index contributed by atoms with van der Waals surface area (Å²) in [7, 11) is -8.58. The van der Waals surface area contributed by atoms with E-state index >= 15 is 0 Å². The summed E-state index contributed by atoms with van der Waals surface area (Å²) < 4.78 is 69.0. The summed E-state index contributed by atoms with van der Waals surface area (Å²) in [6, 6.07) is 9.30. The van der Waals surface area contributed by atoms with Crippen LogP contribution in [-0.2, 0) is 31.6 Å². The van der Waals surface area contributed by atoms with Gasteiger partial charge in [-0.05, 0) is 18.4 Å². The maximum atomic E-state index is 11.3. The molecule has 0 aromatic heterocycles. The first-order chi connectivity index (χ1) is 11.1. The summed E-state index contributed by atoms with van der Waals surface area (Å²) in [6.07, 6.45) is 1.04. The van der Waals surface area contributed by atoms with E-state index in [1.807, 2.05) is 30.3 Å². The van der Waals surface area contributed by atoms with Crippen LogP contribution in [0.25, 0.3) is 0 Å². The van der Waals surface area contributed by atoms with Gasteiger partial charge in [0.2, 0.25) is 0 Å². The minimum atomic E-state index is -4.31. The van der Waals surface area contributed by atoms with E-state index in [9.17, 15) is 21.4 Å². The Bertz CT molecular complexity index is 728. The lowest BCUT2D eigenvalue weighted by molar-refractivity contribution is -0.00687. The van der Waals surface area contributed by atoms with Crippen LogP contribution in [0.3, 0.4) is 0 Å². The first kappa shape index (κ1) is 19.3. The Balaban J connectivity index is 2.13. The molecule has 2 rings (SSSR count). The second-order valence-electron chi connectivity index (χ2n) is 5.97. The molecule has 1 aliphatic carbocycles. The van der Waals surface area contributed by atoms with Gasteiger partial charge in [0, 0.05) is 11.8 Å². The Morgan fingerprint density at radius 2 is 1.71 bits per heavy atom. The topological polar surface area (TPSA) is 118 Å². The molecule has 1 radical (unpaired) electrons. The van der Waals surface area contributed by atoms with Crippen molar-refractivity contribution in [3.05, 3.63) is 41.8 Å². The largest absolute Gasteiger partial charge is 0.373 e. The molecule has 0 aliphatic heterocycles. The highest BCUT2D eigenvalue weighted by Crippen LogP contribution is 2.36. The molecule has 2 atom stereocenters. The summed E-state index contributed by atoms with van der Waals surface area (Å²) in [5.41, 5.74) is 0.907. The van der Waals surface area contributed by atoms with Gasteiger partial charge in [0.15, 0.2) is 0 Å². The second-order valence-corrected chi connectivity index (χ2v) is 8.92. The summed E-state index contributed by atoms with van der Waals surface area (Å²) in [4.78, 5) is 0. The van der Waals surface area contributed by atoms with Crippen molar-refractivity contribution in [2.75, 3.05) is 11.5 Å². The van der Waals surface area contributed by atoms with Gasteiger partial charge in [0.25, 0.3) is 20.2 Å². The van der Waals surface area contributed by atoms with Crippen LogP contribution in [0.4, 0.5) is 0 Å². The molecule has 1 fully saturated rings. The Labute approximate surface area is 142 Å². The highest BCUT2D eigenvalue weighted by molar-refractivity contribution is 7.86. The fraction of sp³-hybridized carbons (Fsp3) is 0.533. The highest BCUT2D eigenvalue weighted by atomic mass is 32.2. The molecule has 0 heterocycles. The Morgan fingerprint density at radius 1 is 1.04 bits per heavy atom. The molecule has 1 aromatic rings. The van der Waals surface area contributed by atoms with Gasteiger partial charge >= 0.3 is 0 Å². The van der Waals surface area contributed by atoms with Crippen molar-refractivity contribution in [1.82, 2.24) is 0 Å². The van der Waals surface area contributed by atoms with Crippen molar-refractivity contribution in [3.63, 3.8) is 0 Å². The van der Waals surface area contributed by atoms with Gasteiger partial charge < -0.3 is 4.74 Å². The third kappa shape index (κ3) is 6.48. The molecule has 7 nitrogen and oxygen atoms in total. The van der Waals surface area contributed by atoms with E-state index in [2.05, 4.69) is 0 Å². The van der Waals surface area contributed by atoms with Crippen molar-refractivity contribution in [3.8, 4) is 0 Å². The Hall–Kier alpha value is -1.00. The Morgan fingerprint density at radius 3 is 2.29 bits per heavy atom. The lowest BCUT2D eigenvalue weighted by Crippen LogP contribution is -2.40. The van der Waals surface area contributed by atoms with Crippen LogP contribution in [0.1, 0.15) is 24.8 Å². The smallest absolute Gasteiger partial charge is 0.265 e. The third-order valence-corrected chi connectivity index (χ3v) is 5.54.